The van der Waals surface area contributed by atoms with E-state index in [1.54, 1.807) is 12.1 Å². The first-order valence-electron chi connectivity index (χ1n) is 6.11. The molecule has 0 spiro atoms. The van der Waals surface area contributed by atoms with E-state index in [2.05, 4.69) is 5.32 Å². The Bertz CT molecular complexity index is 634. The molecular formula is C15H12ClF2NOS. The number of anilines is 1. The molecule has 0 fully saturated rings. The lowest BCUT2D eigenvalue weighted by molar-refractivity contribution is -0.113. The summed E-state index contributed by atoms with van der Waals surface area (Å²) in [6.07, 6.45) is 0. The van der Waals surface area contributed by atoms with Gasteiger partial charge in [0, 0.05) is 16.8 Å². The van der Waals surface area contributed by atoms with Crippen LogP contribution in [0.25, 0.3) is 0 Å². The van der Waals surface area contributed by atoms with E-state index in [1.165, 1.54) is 11.8 Å². The zero-order valence-electron chi connectivity index (χ0n) is 10.9. The van der Waals surface area contributed by atoms with Gasteiger partial charge < -0.3 is 5.32 Å². The largest absolute Gasteiger partial charge is 0.323 e. The van der Waals surface area contributed by atoms with Crippen molar-refractivity contribution in [3.63, 3.8) is 0 Å². The summed E-state index contributed by atoms with van der Waals surface area (Å²) in [4.78, 5) is 11.7. The lowest BCUT2D eigenvalue weighted by Crippen LogP contribution is -2.15. The minimum atomic E-state index is -0.660. The van der Waals surface area contributed by atoms with Crippen LogP contribution in [0.2, 0.25) is 5.02 Å². The van der Waals surface area contributed by atoms with Crippen LogP contribution in [-0.4, -0.2) is 11.7 Å². The Labute approximate surface area is 130 Å². The fourth-order valence-corrected chi connectivity index (χ4v) is 2.54. The molecule has 0 saturated carbocycles. The highest BCUT2D eigenvalue weighted by Crippen LogP contribution is 2.18. The summed E-state index contributed by atoms with van der Waals surface area (Å²) in [7, 11) is 0. The smallest absolute Gasteiger partial charge is 0.234 e. The van der Waals surface area contributed by atoms with Gasteiger partial charge in [-0.15, -0.1) is 11.8 Å². The standard InChI is InChI=1S/C15H12ClF2NOS/c16-11-3-1-10(2-4-11)8-21-9-15(20)19-14-7-12(17)5-6-13(14)18/h1-7H,8-9H2,(H,19,20). The van der Waals surface area contributed by atoms with Crippen molar-refractivity contribution in [2.24, 2.45) is 0 Å². The van der Waals surface area contributed by atoms with E-state index in [-0.39, 0.29) is 17.3 Å². The normalized spacial score (nSPS) is 10.4. The molecule has 1 amide bonds. The summed E-state index contributed by atoms with van der Waals surface area (Å²) in [6.45, 7) is 0. The molecule has 2 nitrogen and oxygen atoms in total. The topological polar surface area (TPSA) is 29.1 Å². The number of carbonyl (C=O) groups excluding carboxylic acids is 1. The van der Waals surface area contributed by atoms with Crippen LogP contribution in [0.3, 0.4) is 0 Å². The molecule has 0 aliphatic rings. The fourth-order valence-electron chi connectivity index (χ4n) is 1.62. The zero-order valence-corrected chi connectivity index (χ0v) is 12.5. The predicted octanol–water partition coefficient (Wildman–Crippen LogP) is 4.49. The molecule has 0 atom stereocenters. The Balaban J connectivity index is 1.82. The van der Waals surface area contributed by atoms with Crippen LogP contribution in [0.1, 0.15) is 5.56 Å². The van der Waals surface area contributed by atoms with Gasteiger partial charge in [-0.25, -0.2) is 8.78 Å². The molecule has 0 aliphatic carbocycles. The Hall–Kier alpha value is -1.59. The first-order valence-corrected chi connectivity index (χ1v) is 7.65. The number of amides is 1. The maximum atomic E-state index is 13.4. The van der Waals surface area contributed by atoms with E-state index in [4.69, 9.17) is 11.6 Å². The number of nitrogens with one attached hydrogen (secondary N) is 1. The second kappa shape index (κ2) is 7.43. The Morgan fingerprint density at radius 3 is 2.57 bits per heavy atom. The molecule has 1 N–H and O–H groups in total. The predicted molar refractivity (Wildman–Crippen MR) is 82.6 cm³/mol. The van der Waals surface area contributed by atoms with E-state index < -0.39 is 11.6 Å². The lowest BCUT2D eigenvalue weighted by atomic mass is 10.2. The van der Waals surface area contributed by atoms with Gasteiger partial charge in [0.15, 0.2) is 0 Å². The van der Waals surface area contributed by atoms with Crippen molar-refractivity contribution in [2.45, 2.75) is 5.75 Å². The zero-order chi connectivity index (χ0) is 15.2. The van der Waals surface area contributed by atoms with Crippen molar-refractivity contribution >= 4 is 35.0 Å². The molecule has 0 unspecified atom stereocenters. The summed E-state index contributed by atoms with van der Waals surface area (Å²) in [5, 5.41) is 3.01. The second-order valence-electron chi connectivity index (χ2n) is 4.29. The van der Waals surface area contributed by atoms with Gasteiger partial charge in [0.05, 0.1) is 11.4 Å². The molecule has 2 aromatic rings. The summed E-state index contributed by atoms with van der Waals surface area (Å²) in [5.41, 5.74) is 0.890. The lowest BCUT2D eigenvalue weighted by Gasteiger charge is -2.06. The van der Waals surface area contributed by atoms with Crippen LogP contribution in [0.15, 0.2) is 42.5 Å². The number of hydrogen-bond donors (Lipinski definition) is 1. The molecule has 0 saturated heterocycles. The fraction of sp³-hybridized carbons (Fsp3) is 0.133. The molecule has 6 heteroatoms. The Kier molecular flexibility index (Phi) is 5.59. The van der Waals surface area contributed by atoms with Crippen LogP contribution >= 0.6 is 23.4 Å². The van der Waals surface area contributed by atoms with Crippen LogP contribution < -0.4 is 5.32 Å². The molecule has 2 rings (SSSR count). The van der Waals surface area contributed by atoms with Crippen LogP contribution in [-0.2, 0) is 10.5 Å². The first kappa shape index (κ1) is 15.8. The van der Waals surface area contributed by atoms with Crippen molar-refractivity contribution in [2.75, 3.05) is 11.1 Å². The van der Waals surface area contributed by atoms with Gasteiger partial charge in [-0.1, -0.05) is 23.7 Å². The first-order chi connectivity index (χ1) is 10.0. The van der Waals surface area contributed by atoms with E-state index in [9.17, 15) is 13.6 Å². The Morgan fingerprint density at radius 2 is 1.86 bits per heavy atom. The minimum Gasteiger partial charge on any atom is -0.323 e. The van der Waals surface area contributed by atoms with Gasteiger partial charge >= 0.3 is 0 Å². The molecule has 110 valence electrons. The average Bonchev–Trinajstić information content (AvgIpc) is 2.45. The highest BCUT2D eigenvalue weighted by Gasteiger charge is 2.08. The SMILES string of the molecule is O=C(CSCc1ccc(Cl)cc1)Nc1cc(F)ccc1F. The van der Waals surface area contributed by atoms with E-state index in [0.29, 0.717) is 10.8 Å². The molecule has 0 aliphatic heterocycles. The van der Waals surface area contributed by atoms with Gasteiger partial charge in [-0.2, -0.15) is 0 Å². The monoisotopic (exact) mass is 327 g/mol. The summed E-state index contributed by atoms with van der Waals surface area (Å²) in [6, 6.07) is 10.2. The van der Waals surface area contributed by atoms with Gasteiger partial charge in [0.25, 0.3) is 0 Å². The third-order valence-corrected chi connectivity index (χ3v) is 3.87. The third-order valence-electron chi connectivity index (χ3n) is 2.62. The molecule has 0 bridgehead atoms. The summed E-state index contributed by atoms with van der Waals surface area (Å²) >= 11 is 7.16. The van der Waals surface area contributed by atoms with Gasteiger partial charge in [-0.3, -0.25) is 4.79 Å². The molecule has 0 aromatic heterocycles. The van der Waals surface area contributed by atoms with Crippen LogP contribution in [0.5, 0.6) is 0 Å². The maximum Gasteiger partial charge on any atom is 0.234 e. The molecular weight excluding hydrogens is 316 g/mol. The van der Waals surface area contributed by atoms with Crippen molar-refractivity contribution in [1.29, 1.82) is 0 Å². The number of benzene rings is 2. The van der Waals surface area contributed by atoms with Gasteiger partial charge in [0.1, 0.15) is 11.6 Å². The van der Waals surface area contributed by atoms with Crippen molar-refractivity contribution in [1.82, 2.24) is 0 Å². The quantitative estimate of drug-likeness (QED) is 0.876. The van der Waals surface area contributed by atoms with Crippen LogP contribution in [0.4, 0.5) is 14.5 Å². The molecule has 0 radical (unpaired) electrons. The van der Waals surface area contributed by atoms with E-state index in [0.717, 1.165) is 23.8 Å². The Morgan fingerprint density at radius 1 is 1.14 bits per heavy atom. The van der Waals surface area contributed by atoms with Crippen molar-refractivity contribution < 1.29 is 13.6 Å². The number of hydrogen-bond acceptors (Lipinski definition) is 2. The molecule has 21 heavy (non-hydrogen) atoms. The van der Waals surface area contributed by atoms with Gasteiger partial charge in [-0.05, 0) is 29.8 Å². The van der Waals surface area contributed by atoms with Crippen molar-refractivity contribution in [3.8, 4) is 0 Å². The van der Waals surface area contributed by atoms with Crippen molar-refractivity contribution in [3.05, 3.63) is 64.7 Å². The number of carbonyl (C=O) groups is 1. The average molecular weight is 328 g/mol. The number of halogens is 3. The highest BCUT2D eigenvalue weighted by molar-refractivity contribution is 7.99. The third kappa shape index (κ3) is 5.02. The second-order valence-corrected chi connectivity index (χ2v) is 5.71. The molecule has 0 heterocycles. The minimum absolute atomic E-state index is 0.146. The number of rotatable bonds is 5. The van der Waals surface area contributed by atoms with Crippen LogP contribution in [0, 0.1) is 11.6 Å². The van der Waals surface area contributed by atoms with E-state index in [1.807, 2.05) is 12.1 Å². The number of thioether (sulfide) groups is 1. The summed E-state index contributed by atoms with van der Waals surface area (Å²) in [5.74, 6) is -0.846. The maximum absolute atomic E-state index is 13.4. The highest BCUT2D eigenvalue weighted by atomic mass is 35.5. The van der Waals surface area contributed by atoms with E-state index >= 15 is 0 Å². The van der Waals surface area contributed by atoms with Gasteiger partial charge in [0.2, 0.25) is 5.91 Å². The summed E-state index contributed by atoms with van der Waals surface area (Å²) < 4.78 is 26.3. The molecule has 2 aromatic carbocycles.